The molecule has 0 aromatic heterocycles. The van der Waals surface area contributed by atoms with Crippen LogP contribution in [0.25, 0.3) is 6.08 Å². The van der Waals surface area contributed by atoms with Crippen molar-refractivity contribution in [2.75, 3.05) is 0 Å². The van der Waals surface area contributed by atoms with E-state index in [0.717, 1.165) is 11.1 Å². The highest BCUT2D eigenvalue weighted by atomic mass is 16.1. The highest BCUT2D eigenvalue weighted by Crippen LogP contribution is 2.23. The topological polar surface area (TPSA) is 29.1 Å². The molecular weight excluding hydrogens is 282 g/mol. The Balaban J connectivity index is 1.97. The van der Waals surface area contributed by atoms with E-state index in [0.29, 0.717) is 0 Å². The van der Waals surface area contributed by atoms with Crippen LogP contribution in [0.5, 0.6) is 0 Å². The lowest BCUT2D eigenvalue weighted by Crippen LogP contribution is -2.24. The first-order valence-electron chi connectivity index (χ1n) is 8.00. The molecule has 2 aromatic carbocycles. The number of carbonyl (C=O) groups excluding carboxylic acids is 1. The second-order valence-electron chi connectivity index (χ2n) is 6.85. The second-order valence-corrected chi connectivity index (χ2v) is 6.85. The van der Waals surface area contributed by atoms with E-state index in [9.17, 15) is 4.79 Å². The van der Waals surface area contributed by atoms with Crippen LogP contribution in [0.4, 0.5) is 0 Å². The summed E-state index contributed by atoms with van der Waals surface area (Å²) in [6.45, 7) is 8.59. The lowest BCUT2D eigenvalue weighted by atomic mass is 9.86. The van der Waals surface area contributed by atoms with Crippen LogP contribution in [-0.4, -0.2) is 5.91 Å². The van der Waals surface area contributed by atoms with Gasteiger partial charge in [0.25, 0.3) is 0 Å². The Morgan fingerprint density at radius 1 is 1.00 bits per heavy atom. The Morgan fingerprint density at radius 2 is 1.61 bits per heavy atom. The van der Waals surface area contributed by atoms with Crippen LogP contribution in [0, 0.1) is 0 Å². The lowest BCUT2D eigenvalue weighted by Gasteiger charge is -2.20. The van der Waals surface area contributed by atoms with Crippen molar-refractivity contribution < 1.29 is 4.79 Å². The first kappa shape index (κ1) is 17.0. The second kappa shape index (κ2) is 7.28. The standard InChI is InChI=1S/C21H25NO/c1-16(18-11-13-19(14-12-18)21(2,3)4)22-20(23)15-10-17-8-6-5-7-9-17/h5-16H,1-4H3,(H,22,23)/b15-10+/t16-/m1/s1. The van der Waals surface area contributed by atoms with Crippen molar-refractivity contribution in [1.82, 2.24) is 5.32 Å². The molecule has 0 unspecified atom stereocenters. The molecule has 0 radical (unpaired) electrons. The molecule has 1 N–H and O–H groups in total. The van der Waals surface area contributed by atoms with Crippen molar-refractivity contribution >= 4 is 12.0 Å². The SMILES string of the molecule is C[C@@H](NC(=O)/C=C/c1ccccc1)c1ccc(C(C)(C)C)cc1. The van der Waals surface area contributed by atoms with Gasteiger partial charge in [-0.2, -0.15) is 0 Å². The van der Waals surface area contributed by atoms with Crippen molar-refractivity contribution in [3.63, 3.8) is 0 Å². The Bertz CT molecular complexity index is 663. The van der Waals surface area contributed by atoms with Gasteiger partial charge < -0.3 is 5.32 Å². The fourth-order valence-electron chi connectivity index (χ4n) is 2.35. The van der Waals surface area contributed by atoms with E-state index in [1.807, 2.05) is 43.3 Å². The van der Waals surface area contributed by atoms with E-state index in [2.05, 4.69) is 50.4 Å². The molecule has 2 heteroatoms. The molecule has 0 fully saturated rings. The van der Waals surface area contributed by atoms with Crippen molar-refractivity contribution in [3.05, 3.63) is 77.4 Å². The largest absolute Gasteiger partial charge is 0.346 e. The molecule has 0 aliphatic rings. The van der Waals surface area contributed by atoms with Crippen molar-refractivity contribution in [1.29, 1.82) is 0 Å². The molecule has 0 aliphatic carbocycles. The molecule has 1 amide bonds. The fraction of sp³-hybridized carbons (Fsp3) is 0.286. The van der Waals surface area contributed by atoms with Gasteiger partial charge in [-0.05, 0) is 35.1 Å². The van der Waals surface area contributed by atoms with Crippen molar-refractivity contribution in [2.45, 2.75) is 39.2 Å². The van der Waals surface area contributed by atoms with Gasteiger partial charge >= 0.3 is 0 Å². The maximum atomic E-state index is 12.0. The molecule has 2 aromatic rings. The fourth-order valence-corrected chi connectivity index (χ4v) is 2.35. The van der Waals surface area contributed by atoms with Gasteiger partial charge in [-0.25, -0.2) is 0 Å². The molecule has 1 atom stereocenters. The summed E-state index contributed by atoms with van der Waals surface area (Å²) < 4.78 is 0. The van der Waals surface area contributed by atoms with E-state index < -0.39 is 0 Å². The van der Waals surface area contributed by atoms with E-state index in [-0.39, 0.29) is 17.4 Å². The van der Waals surface area contributed by atoms with Crippen LogP contribution in [0.1, 0.15) is 50.4 Å². The Hall–Kier alpha value is -2.35. The monoisotopic (exact) mass is 307 g/mol. The van der Waals surface area contributed by atoms with Crippen LogP contribution in [-0.2, 0) is 10.2 Å². The molecule has 120 valence electrons. The summed E-state index contributed by atoms with van der Waals surface area (Å²) in [7, 11) is 0. The molecule has 2 nitrogen and oxygen atoms in total. The summed E-state index contributed by atoms with van der Waals surface area (Å²) in [5.41, 5.74) is 3.57. The maximum absolute atomic E-state index is 12.0. The zero-order valence-electron chi connectivity index (χ0n) is 14.3. The Kier molecular flexibility index (Phi) is 5.38. The summed E-state index contributed by atoms with van der Waals surface area (Å²) in [6.07, 6.45) is 3.40. The quantitative estimate of drug-likeness (QED) is 0.802. The minimum absolute atomic E-state index is 0.0167. The number of benzene rings is 2. The molecular formula is C21H25NO. The average Bonchev–Trinajstić information content (AvgIpc) is 2.53. The summed E-state index contributed by atoms with van der Waals surface area (Å²) in [4.78, 5) is 12.0. The first-order chi connectivity index (χ1) is 10.9. The summed E-state index contributed by atoms with van der Waals surface area (Å²) in [5, 5.41) is 3.00. The summed E-state index contributed by atoms with van der Waals surface area (Å²) in [6, 6.07) is 18.2. The van der Waals surface area contributed by atoms with Gasteiger partial charge in [-0.1, -0.05) is 75.4 Å². The van der Waals surface area contributed by atoms with Gasteiger partial charge in [0.05, 0.1) is 6.04 Å². The van der Waals surface area contributed by atoms with E-state index in [1.54, 1.807) is 6.08 Å². The Morgan fingerprint density at radius 3 is 2.17 bits per heavy atom. The summed E-state index contributed by atoms with van der Waals surface area (Å²) >= 11 is 0. The third-order valence-corrected chi connectivity index (χ3v) is 3.86. The number of hydrogen-bond acceptors (Lipinski definition) is 1. The van der Waals surface area contributed by atoms with Crippen LogP contribution in [0.3, 0.4) is 0 Å². The minimum Gasteiger partial charge on any atom is -0.346 e. The number of rotatable bonds is 4. The van der Waals surface area contributed by atoms with Crippen LogP contribution in [0.2, 0.25) is 0 Å². The number of amides is 1. The smallest absolute Gasteiger partial charge is 0.244 e. The van der Waals surface area contributed by atoms with Crippen molar-refractivity contribution in [2.24, 2.45) is 0 Å². The normalized spacial score (nSPS) is 13.0. The van der Waals surface area contributed by atoms with E-state index in [1.165, 1.54) is 5.56 Å². The van der Waals surface area contributed by atoms with Crippen LogP contribution in [0.15, 0.2) is 60.7 Å². The third-order valence-electron chi connectivity index (χ3n) is 3.86. The highest BCUT2D eigenvalue weighted by molar-refractivity contribution is 5.91. The van der Waals surface area contributed by atoms with Crippen molar-refractivity contribution in [3.8, 4) is 0 Å². The molecule has 0 saturated carbocycles. The lowest BCUT2D eigenvalue weighted by molar-refractivity contribution is -0.117. The summed E-state index contributed by atoms with van der Waals surface area (Å²) in [5.74, 6) is -0.0822. The molecule has 2 rings (SSSR count). The minimum atomic E-state index is -0.0822. The maximum Gasteiger partial charge on any atom is 0.244 e. The molecule has 0 spiro atoms. The van der Waals surface area contributed by atoms with Gasteiger partial charge in [-0.3, -0.25) is 4.79 Å². The predicted molar refractivity (Wildman–Crippen MR) is 97.2 cm³/mol. The Labute approximate surface area is 139 Å². The van der Waals surface area contributed by atoms with Gasteiger partial charge in [0.2, 0.25) is 5.91 Å². The van der Waals surface area contributed by atoms with Gasteiger partial charge in [0.1, 0.15) is 0 Å². The predicted octanol–water partition coefficient (Wildman–Crippen LogP) is 4.87. The van der Waals surface area contributed by atoms with E-state index in [4.69, 9.17) is 0 Å². The van der Waals surface area contributed by atoms with Gasteiger partial charge in [-0.15, -0.1) is 0 Å². The zero-order valence-corrected chi connectivity index (χ0v) is 14.3. The molecule has 23 heavy (non-hydrogen) atoms. The number of hydrogen-bond donors (Lipinski definition) is 1. The first-order valence-corrected chi connectivity index (χ1v) is 8.00. The van der Waals surface area contributed by atoms with Gasteiger partial charge in [0, 0.05) is 6.08 Å². The van der Waals surface area contributed by atoms with Crippen LogP contribution >= 0.6 is 0 Å². The van der Waals surface area contributed by atoms with Gasteiger partial charge in [0.15, 0.2) is 0 Å². The molecule has 0 saturated heterocycles. The average molecular weight is 307 g/mol. The zero-order chi connectivity index (χ0) is 16.9. The molecule has 0 bridgehead atoms. The molecule has 0 heterocycles. The third kappa shape index (κ3) is 5.10. The number of carbonyl (C=O) groups is 1. The molecule has 0 aliphatic heterocycles. The van der Waals surface area contributed by atoms with Crippen LogP contribution < -0.4 is 5.32 Å². The number of nitrogens with one attached hydrogen (secondary N) is 1. The van der Waals surface area contributed by atoms with E-state index >= 15 is 0 Å². The highest BCUT2D eigenvalue weighted by Gasteiger charge is 2.14.